The van der Waals surface area contributed by atoms with Gasteiger partial charge in [0.05, 0.1) is 30.9 Å². The van der Waals surface area contributed by atoms with Gasteiger partial charge in [-0.25, -0.2) is 9.48 Å². The van der Waals surface area contributed by atoms with Gasteiger partial charge < -0.3 is 24.7 Å². The molecule has 0 spiro atoms. The Morgan fingerprint density at radius 2 is 1.73 bits per heavy atom. The number of ether oxygens (including phenoxy) is 1. The van der Waals surface area contributed by atoms with Crippen molar-refractivity contribution < 1.29 is 29.3 Å². The highest BCUT2D eigenvalue weighted by Gasteiger charge is 2.39. The van der Waals surface area contributed by atoms with Crippen molar-refractivity contribution in [1.82, 2.24) is 24.8 Å². The van der Waals surface area contributed by atoms with E-state index in [4.69, 9.17) is 4.74 Å². The van der Waals surface area contributed by atoms with Crippen LogP contribution in [0.25, 0.3) is 5.69 Å². The molecule has 0 unspecified atom stereocenters. The third-order valence-electron chi connectivity index (χ3n) is 6.97. The molecule has 1 aliphatic heterocycles. The van der Waals surface area contributed by atoms with Crippen LogP contribution >= 0.6 is 0 Å². The van der Waals surface area contributed by atoms with Gasteiger partial charge in [0, 0.05) is 19.6 Å². The molecule has 1 aliphatic rings. The summed E-state index contributed by atoms with van der Waals surface area (Å²) in [5.41, 5.74) is 3.22. The fourth-order valence-corrected chi connectivity index (χ4v) is 4.99. The second kappa shape index (κ2) is 12.7. The zero-order valence-electron chi connectivity index (χ0n) is 22.9. The quantitative estimate of drug-likeness (QED) is 0.389. The lowest BCUT2D eigenvalue weighted by molar-refractivity contribution is -0.144. The van der Waals surface area contributed by atoms with Gasteiger partial charge in [0.25, 0.3) is 5.91 Å². The van der Waals surface area contributed by atoms with Gasteiger partial charge in [0.2, 0.25) is 0 Å². The number of benzene rings is 2. The molecule has 2 aromatic carbocycles. The number of aliphatic carboxylic acids is 1. The molecule has 11 heteroatoms. The average molecular weight is 550 g/mol. The van der Waals surface area contributed by atoms with Crippen LogP contribution in [0, 0.1) is 18.8 Å². The second-order valence-electron chi connectivity index (χ2n) is 10.5. The Bertz CT molecular complexity index is 1320. The number of carbonyl (C=O) groups excluding carboxylic acids is 1. The molecule has 2 heterocycles. The third-order valence-corrected chi connectivity index (χ3v) is 6.97. The average Bonchev–Trinajstić information content (AvgIpc) is 3.35. The Kier molecular flexibility index (Phi) is 9.15. The minimum absolute atomic E-state index is 0.0172. The highest BCUT2D eigenvalue weighted by molar-refractivity contribution is 5.94. The van der Waals surface area contributed by atoms with Crippen LogP contribution in [0.5, 0.6) is 0 Å². The molecule has 40 heavy (non-hydrogen) atoms. The molecule has 1 fully saturated rings. The van der Waals surface area contributed by atoms with Crippen LogP contribution in [-0.2, 0) is 22.7 Å². The van der Waals surface area contributed by atoms with Gasteiger partial charge in [-0.3, -0.25) is 9.59 Å². The normalized spacial score (nSPS) is 17.1. The van der Waals surface area contributed by atoms with Gasteiger partial charge in [-0.05, 0) is 36.5 Å². The minimum atomic E-state index is -1.21. The lowest BCUT2D eigenvalue weighted by Crippen LogP contribution is -2.56. The van der Waals surface area contributed by atoms with E-state index in [1.807, 2.05) is 75.4 Å². The summed E-state index contributed by atoms with van der Waals surface area (Å²) < 4.78 is 7.63. The SMILES string of the molecule is Cc1ccccc1-n1nnc(C(=O)N(CC(C)C)[C@H]2C[C@@H](C(=O)O)CN(C(=O)O)C2)c1COCc1ccccc1. The number of rotatable bonds is 10. The fourth-order valence-electron chi connectivity index (χ4n) is 4.99. The molecule has 2 N–H and O–H groups in total. The molecule has 1 aromatic heterocycles. The first kappa shape index (κ1) is 28.8. The minimum Gasteiger partial charge on any atom is -0.481 e. The van der Waals surface area contributed by atoms with Crippen molar-refractivity contribution in [3.8, 4) is 5.69 Å². The molecular formula is C29H35N5O6. The summed E-state index contributed by atoms with van der Waals surface area (Å²) in [5, 5.41) is 28.0. The number of carboxylic acids is 1. The number of carboxylic acid groups (broad SMARTS) is 2. The molecular weight excluding hydrogens is 514 g/mol. The van der Waals surface area contributed by atoms with Crippen LogP contribution in [-0.4, -0.2) is 78.7 Å². The molecule has 0 saturated carbocycles. The van der Waals surface area contributed by atoms with E-state index in [-0.39, 0.29) is 37.7 Å². The topological polar surface area (TPSA) is 138 Å². The van der Waals surface area contributed by atoms with Gasteiger partial charge in [0.1, 0.15) is 5.69 Å². The lowest BCUT2D eigenvalue weighted by Gasteiger charge is -2.41. The molecule has 11 nitrogen and oxygen atoms in total. The Labute approximate surface area is 233 Å². The number of amides is 2. The van der Waals surface area contributed by atoms with Crippen LogP contribution in [0.1, 0.15) is 47.6 Å². The molecule has 1 saturated heterocycles. The number of carbonyl (C=O) groups is 3. The van der Waals surface area contributed by atoms with Crippen LogP contribution in [0.4, 0.5) is 4.79 Å². The van der Waals surface area contributed by atoms with Gasteiger partial charge in [-0.2, -0.15) is 0 Å². The second-order valence-corrected chi connectivity index (χ2v) is 10.5. The number of para-hydroxylation sites is 1. The van der Waals surface area contributed by atoms with E-state index in [9.17, 15) is 24.6 Å². The maximum absolute atomic E-state index is 14.2. The Hall–Kier alpha value is -4.25. The van der Waals surface area contributed by atoms with E-state index >= 15 is 0 Å². The zero-order chi connectivity index (χ0) is 28.8. The smallest absolute Gasteiger partial charge is 0.407 e. The van der Waals surface area contributed by atoms with Crippen LogP contribution < -0.4 is 0 Å². The number of aromatic nitrogens is 3. The number of likely N-dealkylation sites (tertiary alicyclic amines) is 1. The van der Waals surface area contributed by atoms with Crippen LogP contribution in [0.15, 0.2) is 54.6 Å². The summed E-state index contributed by atoms with van der Waals surface area (Å²) in [6.45, 7) is 6.39. The summed E-state index contributed by atoms with van der Waals surface area (Å²) >= 11 is 0. The first-order chi connectivity index (χ1) is 19.2. The van der Waals surface area contributed by atoms with E-state index in [0.29, 0.717) is 18.8 Å². The number of hydrogen-bond acceptors (Lipinski definition) is 6. The maximum atomic E-state index is 14.2. The van der Waals surface area contributed by atoms with Crippen molar-refractivity contribution in [2.45, 2.75) is 46.4 Å². The van der Waals surface area contributed by atoms with Crippen LogP contribution in [0.3, 0.4) is 0 Å². The summed E-state index contributed by atoms with van der Waals surface area (Å²) in [7, 11) is 0. The van der Waals surface area contributed by atoms with Crippen molar-refractivity contribution in [3.05, 3.63) is 77.1 Å². The third kappa shape index (κ3) is 6.66. The molecule has 2 amide bonds. The summed E-state index contributed by atoms with van der Waals surface area (Å²) in [4.78, 5) is 40.5. The largest absolute Gasteiger partial charge is 0.481 e. The predicted molar refractivity (Wildman–Crippen MR) is 146 cm³/mol. The first-order valence-electron chi connectivity index (χ1n) is 13.3. The first-order valence-corrected chi connectivity index (χ1v) is 13.3. The standard InChI is InChI=1S/C29H35N5O6/c1-19(2)14-33(23-13-22(28(36)37)15-32(16-23)29(38)39)27(35)26-25(18-40-17-21-10-5-4-6-11-21)34(31-30-26)24-12-8-7-9-20(24)3/h4-12,19,22-23H,13-18H2,1-3H3,(H,36,37)(H,38,39)/t22-,23+/m1/s1. The van der Waals surface area contributed by atoms with Gasteiger partial charge in [-0.1, -0.05) is 67.6 Å². The fraction of sp³-hybridized carbons (Fsp3) is 0.414. The molecule has 212 valence electrons. The predicted octanol–water partition coefficient (Wildman–Crippen LogP) is 3.84. The monoisotopic (exact) mass is 549 g/mol. The number of aryl methyl sites for hydroxylation is 1. The van der Waals surface area contributed by atoms with Gasteiger partial charge in [-0.15, -0.1) is 5.10 Å². The molecule has 0 aliphatic carbocycles. The lowest BCUT2D eigenvalue weighted by atomic mass is 9.92. The number of piperidine rings is 1. The maximum Gasteiger partial charge on any atom is 0.407 e. The Morgan fingerprint density at radius 1 is 1.02 bits per heavy atom. The van der Waals surface area contributed by atoms with Crippen LogP contribution in [0.2, 0.25) is 0 Å². The summed E-state index contributed by atoms with van der Waals surface area (Å²) in [5.74, 6) is -2.41. The van der Waals surface area contributed by atoms with E-state index in [1.165, 1.54) is 0 Å². The highest BCUT2D eigenvalue weighted by atomic mass is 16.5. The molecule has 0 bridgehead atoms. The van der Waals surface area contributed by atoms with Crippen molar-refractivity contribution in [1.29, 1.82) is 0 Å². The van der Waals surface area contributed by atoms with Crippen molar-refractivity contribution in [2.24, 2.45) is 11.8 Å². The van der Waals surface area contributed by atoms with Gasteiger partial charge in [0.15, 0.2) is 5.69 Å². The number of hydrogen-bond donors (Lipinski definition) is 2. The Morgan fingerprint density at radius 3 is 2.38 bits per heavy atom. The van der Waals surface area contributed by atoms with Crippen molar-refractivity contribution in [2.75, 3.05) is 19.6 Å². The van der Waals surface area contributed by atoms with Crippen molar-refractivity contribution in [3.63, 3.8) is 0 Å². The van der Waals surface area contributed by atoms with E-state index in [1.54, 1.807) is 9.58 Å². The summed E-state index contributed by atoms with van der Waals surface area (Å²) in [6.07, 6.45) is -1.07. The van der Waals surface area contributed by atoms with E-state index in [0.717, 1.165) is 21.7 Å². The highest BCUT2D eigenvalue weighted by Crippen LogP contribution is 2.26. The molecule has 3 aromatic rings. The zero-order valence-corrected chi connectivity index (χ0v) is 22.9. The molecule has 0 radical (unpaired) electrons. The molecule has 4 rings (SSSR count). The summed E-state index contributed by atoms with van der Waals surface area (Å²) in [6, 6.07) is 16.6. The van der Waals surface area contributed by atoms with E-state index in [2.05, 4.69) is 10.3 Å². The number of nitrogens with zero attached hydrogens (tertiary/aromatic N) is 5. The van der Waals surface area contributed by atoms with Gasteiger partial charge >= 0.3 is 12.1 Å². The van der Waals surface area contributed by atoms with Crippen molar-refractivity contribution >= 4 is 18.0 Å². The Balaban J connectivity index is 1.70. The van der Waals surface area contributed by atoms with E-state index < -0.39 is 29.9 Å². The molecule has 2 atom stereocenters.